The zero-order valence-corrected chi connectivity index (χ0v) is 10.5. The highest BCUT2D eigenvalue weighted by Gasteiger charge is 2.03. The predicted molar refractivity (Wildman–Crippen MR) is 66.7 cm³/mol. The lowest BCUT2D eigenvalue weighted by molar-refractivity contribution is 0.131. The monoisotopic (exact) mass is 222 g/mol. The highest BCUT2D eigenvalue weighted by Crippen LogP contribution is 2.19. The van der Waals surface area contributed by atoms with Gasteiger partial charge in [0.2, 0.25) is 0 Å². The molecule has 0 spiro atoms. The second kappa shape index (κ2) is 7.29. The van der Waals surface area contributed by atoms with Crippen LogP contribution in [0.2, 0.25) is 0 Å². The lowest BCUT2D eigenvalue weighted by Gasteiger charge is -2.12. The minimum atomic E-state index is 0.633. The van der Waals surface area contributed by atoms with Crippen molar-refractivity contribution in [2.24, 2.45) is 5.92 Å². The molecule has 0 aromatic heterocycles. The predicted octanol–water partition coefficient (Wildman–Crippen LogP) is 3.65. The molecule has 1 aromatic carbocycles. The lowest BCUT2D eigenvalue weighted by Crippen LogP contribution is -2.04. The Morgan fingerprint density at radius 2 is 1.94 bits per heavy atom. The molecule has 0 bridgehead atoms. The van der Waals surface area contributed by atoms with Gasteiger partial charge in [-0.05, 0) is 25.3 Å². The van der Waals surface area contributed by atoms with Gasteiger partial charge < -0.3 is 9.47 Å². The summed E-state index contributed by atoms with van der Waals surface area (Å²) in [5, 5.41) is 0. The molecule has 90 valence electrons. The summed E-state index contributed by atoms with van der Waals surface area (Å²) in [5.41, 5.74) is 1.13. The summed E-state index contributed by atoms with van der Waals surface area (Å²) in [4.78, 5) is 0. The van der Waals surface area contributed by atoms with Crippen LogP contribution in [-0.4, -0.2) is 13.2 Å². The Bertz CT molecular complexity index is 295. The second-order valence-electron chi connectivity index (χ2n) is 4.28. The average Bonchev–Trinajstić information content (AvgIpc) is 2.27. The molecule has 0 radical (unpaired) electrons. The van der Waals surface area contributed by atoms with E-state index in [9.17, 15) is 0 Å². The van der Waals surface area contributed by atoms with Gasteiger partial charge in [0.05, 0.1) is 13.2 Å². The van der Waals surface area contributed by atoms with Gasteiger partial charge in [-0.1, -0.05) is 32.0 Å². The van der Waals surface area contributed by atoms with Crippen molar-refractivity contribution in [1.29, 1.82) is 0 Å². The lowest BCUT2D eigenvalue weighted by atomic mass is 10.1. The van der Waals surface area contributed by atoms with E-state index in [-0.39, 0.29) is 0 Å². The van der Waals surface area contributed by atoms with E-state index < -0.39 is 0 Å². The molecule has 2 nitrogen and oxygen atoms in total. The summed E-state index contributed by atoms with van der Waals surface area (Å²) < 4.78 is 11.2. The SMILES string of the molecule is CCOCc1ccccc1OCCC(C)C. The average molecular weight is 222 g/mol. The smallest absolute Gasteiger partial charge is 0.124 e. The van der Waals surface area contributed by atoms with Crippen molar-refractivity contribution in [1.82, 2.24) is 0 Å². The van der Waals surface area contributed by atoms with Crippen LogP contribution in [0.3, 0.4) is 0 Å². The van der Waals surface area contributed by atoms with Gasteiger partial charge in [0.25, 0.3) is 0 Å². The van der Waals surface area contributed by atoms with Crippen molar-refractivity contribution in [3.05, 3.63) is 29.8 Å². The van der Waals surface area contributed by atoms with E-state index in [0.29, 0.717) is 12.5 Å². The zero-order valence-electron chi connectivity index (χ0n) is 10.5. The maximum absolute atomic E-state index is 5.77. The van der Waals surface area contributed by atoms with Gasteiger partial charge in [-0.25, -0.2) is 0 Å². The highest BCUT2D eigenvalue weighted by atomic mass is 16.5. The Hall–Kier alpha value is -1.02. The molecule has 1 rings (SSSR count). The number of hydrogen-bond acceptors (Lipinski definition) is 2. The maximum Gasteiger partial charge on any atom is 0.124 e. The van der Waals surface area contributed by atoms with Crippen molar-refractivity contribution in [2.45, 2.75) is 33.8 Å². The third-order valence-corrected chi connectivity index (χ3v) is 2.39. The first-order chi connectivity index (χ1) is 7.74. The molecular weight excluding hydrogens is 200 g/mol. The topological polar surface area (TPSA) is 18.5 Å². The quantitative estimate of drug-likeness (QED) is 0.701. The van der Waals surface area contributed by atoms with Crippen LogP contribution in [0.5, 0.6) is 5.75 Å². The van der Waals surface area contributed by atoms with Crippen LogP contribution >= 0.6 is 0 Å². The van der Waals surface area contributed by atoms with Crippen molar-refractivity contribution in [3.8, 4) is 5.75 Å². The fraction of sp³-hybridized carbons (Fsp3) is 0.571. The van der Waals surface area contributed by atoms with E-state index in [1.165, 1.54) is 0 Å². The van der Waals surface area contributed by atoms with E-state index in [2.05, 4.69) is 19.9 Å². The zero-order chi connectivity index (χ0) is 11.8. The highest BCUT2D eigenvalue weighted by molar-refractivity contribution is 5.32. The number of ether oxygens (including phenoxy) is 2. The van der Waals surface area contributed by atoms with E-state index >= 15 is 0 Å². The summed E-state index contributed by atoms with van der Waals surface area (Å²) in [6, 6.07) is 8.08. The molecule has 0 atom stereocenters. The summed E-state index contributed by atoms with van der Waals surface area (Å²) in [6.07, 6.45) is 1.09. The number of para-hydroxylation sites is 1. The molecule has 0 fully saturated rings. The molecule has 2 heteroatoms. The van der Waals surface area contributed by atoms with Crippen LogP contribution in [0.4, 0.5) is 0 Å². The number of hydrogen-bond donors (Lipinski definition) is 0. The van der Waals surface area contributed by atoms with Crippen molar-refractivity contribution >= 4 is 0 Å². The first-order valence-electron chi connectivity index (χ1n) is 6.02. The molecule has 0 aliphatic carbocycles. The Morgan fingerprint density at radius 3 is 2.62 bits per heavy atom. The molecule has 0 heterocycles. The molecule has 16 heavy (non-hydrogen) atoms. The molecule has 0 saturated heterocycles. The largest absolute Gasteiger partial charge is 0.493 e. The molecule has 0 aliphatic heterocycles. The van der Waals surface area contributed by atoms with Gasteiger partial charge in [0, 0.05) is 12.2 Å². The minimum Gasteiger partial charge on any atom is -0.493 e. The summed E-state index contributed by atoms with van der Waals surface area (Å²) in [7, 11) is 0. The second-order valence-corrected chi connectivity index (χ2v) is 4.28. The number of benzene rings is 1. The summed E-state index contributed by atoms with van der Waals surface area (Å²) in [6.45, 7) is 8.56. The standard InChI is InChI=1S/C14H22O2/c1-4-15-11-13-7-5-6-8-14(13)16-10-9-12(2)3/h5-8,12H,4,9-11H2,1-3H3. The Kier molecular flexibility index (Phi) is 5.94. The van der Waals surface area contributed by atoms with Gasteiger partial charge in [0.15, 0.2) is 0 Å². The van der Waals surface area contributed by atoms with Gasteiger partial charge >= 0.3 is 0 Å². The van der Waals surface area contributed by atoms with E-state index in [1.807, 2.05) is 25.1 Å². The first-order valence-corrected chi connectivity index (χ1v) is 6.02. The summed E-state index contributed by atoms with van der Waals surface area (Å²) in [5.74, 6) is 1.63. The van der Waals surface area contributed by atoms with Crippen LogP contribution in [-0.2, 0) is 11.3 Å². The molecule has 0 saturated carbocycles. The number of rotatable bonds is 7. The fourth-order valence-corrected chi connectivity index (χ4v) is 1.38. The Morgan fingerprint density at radius 1 is 1.19 bits per heavy atom. The van der Waals surface area contributed by atoms with Gasteiger partial charge in [0.1, 0.15) is 5.75 Å². The van der Waals surface area contributed by atoms with Crippen LogP contribution in [0, 0.1) is 5.92 Å². The van der Waals surface area contributed by atoms with E-state index in [1.54, 1.807) is 0 Å². The normalized spacial score (nSPS) is 10.8. The summed E-state index contributed by atoms with van der Waals surface area (Å²) >= 11 is 0. The first kappa shape index (κ1) is 13.0. The van der Waals surface area contributed by atoms with Crippen molar-refractivity contribution in [2.75, 3.05) is 13.2 Å². The molecule has 0 N–H and O–H groups in total. The van der Waals surface area contributed by atoms with Crippen LogP contribution in [0.1, 0.15) is 32.8 Å². The van der Waals surface area contributed by atoms with Crippen LogP contribution < -0.4 is 4.74 Å². The third kappa shape index (κ3) is 4.67. The Balaban J connectivity index is 2.49. The molecule has 0 aliphatic rings. The van der Waals surface area contributed by atoms with Gasteiger partial charge in [-0.2, -0.15) is 0 Å². The third-order valence-electron chi connectivity index (χ3n) is 2.39. The van der Waals surface area contributed by atoms with Gasteiger partial charge in [-0.3, -0.25) is 0 Å². The molecule has 0 unspecified atom stereocenters. The molecular formula is C14H22O2. The van der Waals surface area contributed by atoms with Crippen LogP contribution in [0.25, 0.3) is 0 Å². The van der Waals surface area contributed by atoms with E-state index in [4.69, 9.17) is 9.47 Å². The molecule has 1 aromatic rings. The Labute approximate surface area is 98.6 Å². The van der Waals surface area contributed by atoms with Gasteiger partial charge in [-0.15, -0.1) is 0 Å². The van der Waals surface area contributed by atoms with E-state index in [0.717, 1.165) is 30.9 Å². The maximum atomic E-state index is 5.77. The van der Waals surface area contributed by atoms with Crippen LogP contribution in [0.15, 0.2) is 24.3 Å². The van der Waals surface area contributed by atoms with Crippen molar-refractivity contribution in [3.63, 3.8) is 0 Å². The molecule has 0 amide bonds. The fourth-order valence-electron chi connectivity index (χ4n) is 1.38. The van der Waals surface area contributed by atoms with Crippen molar-refractivity contribution < 1.29 is 9.47 Å². The minimum absolute atomic E-state index is 0.633.